The molecule has 0 N–H and O–H groups in total. The minimum absolute atomic E-state index is 0.732. The zero-order chi connectivity index (χ0) is 12.4. The van der Waals surface area contributed by atoms with Crippen LogP contribution in [0, 0.1) is 6.92 Å². The minimum atomic E-state index is 0.732. The van der Waals surface area contributed by atoms with Gasteiger partial charge >= 0.3 is 0 Å². The second-order valence-electron chi connectivity index (χ2n) is 4.01. The highest BCUT2D eigenvalue weighted by atomic mass is 32.1. The van der Waals surface area contributed by atoms with Crippen molar-refractivity contribution in [1.29, 1.82) is 0 Å². The molecular formula is C13H12N4S. The van der Waals surface area contributed by atoms with Crippen molar-refractivity contribution in [2.75, 3.05) is 0 Å². The van der Waals surface area contributed by atoms with Crippen molar-refractivity contribution in [2.24, 2.45) is 0 Å². The van der Waals surface area contributed by atoms with Crippen LogP contribution in [0.2, 0.25) is 0 Å². The summed E-state index contributed by atoms with van der Waals surface area (Å²) < 4.78 is 1.91. The quantitative estimate of drug-likeness (QED) is 0.723. The predicted molar refractivity (Wildman–Crippen MR) is 71.4 cm³/mol. The van der Waals surface area contributed by atoms with Crippen LogP contribution >= 0.6 is 11.3 Å². The molecule has 0 amide bonds. The summed E-state index contributed by atoms with van der Waals surface area (Å²) in [6, 6.07) is 10.1. The molecule has 0 fully saturated rings. The first-order chi connectivity index (χ1) is 8.84. The number of hydrogen-bond acceptors (Lipinski definition) is 4. The van der Waals surface area contributed by atoms with Gasteiger partial charge in [0.25, 0.3) is 0 Å². The second kappa shape index (κ2) is 4.70. The lowest BCUT2D eigenvalue weighted by Crippen LogP contribution is -2.02. The van der Waals surface area contributed by atoms with E-state index in [2.05, 4.69) is 15.3 Å². The molecule has 3 rings (SSSR count). The second-order valence-corrected chi connectivity index (χ2v) is 4.99. The SMILES string of the molecule is Cc1c(-c2ccccc2)nnn1Cc1cncs1. The topological polar surface area (TPSA) is 43.6 Å². The van der Waals surface area contributed by atoms with Crippen LogP contribution in [0.5, 0.6) is 0 Å². The Labute approximate surface area is 109 Å². The van der Waals surface area contributed by atoms with Gasteiger partial charge < -0.3 is 0 Å². The molecule has 5 heteroatoms. The van der Waals surface area contributed by atoms with E-state index in [4.69, 9.17) is 0 Å². The molecule has 4 nitrogen and oxygen atoms in total. The molecule has 18 heavy (non-hydrogen) atoms. The molecule has 0 spiro atoms. The van der Waals surface area contributed by atoms with Gasteiger partial charge in [0.15, 0.2) is 0 Å². The van der Waals surface area contributed by atoms with Crippen LogP contribution in [-0.2, 0) is 6.54 Å². The largest absolute Gasteiger partial charge is 0.253 e. The average molecular weight is 256 g/mol. The Morgan fingerprint density at radius 1 is 1.22 bits per heavy atom. The van der Waals surface area contributed by atoms with Crippen LogP contribution in [0.4, 0.5) is 0 Å². The first kappa shape index (κ1) is 11.1. The van der Waals surface area contributed by atoms with E-state index < -0.39 is 0 Å². The average Bonchev–Trinajstić information content (AvgIpc) is 3.03. The van der Waals surface area contributed by atoms with Crippen molar-refractivity contribution in [3.8, 4) is 11.3 Å². The molecule has 0 saturated carbocycles. The Hall–Kier alpha value is -2.01. The van der Waals surface area contributed by atoms with E-state index in [9.17, 15) is 0 Å². The molecule has 0 radical (unpaired) electrons. The summed E-state index contributed by atoms with van der Waals surface area (Å²) in [5, 5.41) is 8.48. The maximum atomic E-state index is 4.26. The molecule has 2 aromatic heterocycles. The molecule has 0 atom stereocenters. The summed E-state index contributed by atoms with van der Waals surface area (Å²) in [5.74, 6) is 0. The normalized spacial score (nSPS) is 10.7. The lowest BCUT2D eigenvalue weighted by atomic mass is 10.1. The van der Waals surface area contributed by atoms with Crippen LogP contribution in [0.1, 0.15) is 10.6 Å². The van der Waals surface area contributed by atoms with Crippen LogP contribution in [0.25, 0.3) is 11.3 Å². The summed E-state index contributed by atoms with van der Waals surface area (Å²) in [7, 11) is 0. The molecular weight excluding hydrogens is 244 g/mol. The lowest BCUT2D eigenvalue weighted by molar-refractivity contribution is 0.638. The fourth-order valence-electron chi connectivity index (χ4n) is 1.84. The van der Waals surface area contributed by atoms with E-state index in [0.717, 1.165) is 23.5 Å². The van der Waals surface area contributed by atoms with Gasteiger partial charge in [0.1, 0.15) is 5.69 Å². The van der Waals surface area contributed by atoms with Gasteiger partial charge in [-0.1, -0.05) is 35.5 Å². The number of rotatable bonds is 3. The summed E-state index contributed by atoms with van der Waals surface area (Å²) in [6.45, 7) is 2.78. The van der Waals surface area contributed by atoms with Gasteiger partial charge in [-0.3, -0.25) is 4.98 Å². The molecule has 0 aliphatic heterocycles. The summed E-state index contributed by atoms with van der Waals surface area (Å²) in [4.78, 5) is 5.25. The van der Waals surface area contributed by atoms with Crippen LogP contribution in [-0.4, -0.2) is 20.0 Å². The Morgan fingerprint density at radius 2 is 2.06 bits per heavy atom. The fourth-order valence-corrected chi connectivity index (χ4v) is 2.42. The van der Waals surface area contributed by atoms with Crippen molar-refractivity contribution < 1.29 is 0 Å². The number of nitrogens with zero attached hydrogens (tertiary/aromatic N) is 4. The van der Waals surface area contributed by atoms with Gasteiger partial charge in [0.2, 0.25) is 0 Å². The highest BCUT2D eigenvalue weighted by molar-refractivity contribution is 7.09. The van der Waals surface area contributed by atoms with Crippen molar-refractivity contribution >= 4 is 11.3 Å². The van der Waals surface area contributed by atoms with Crippen LogP contribution < -0.4 is 0 Å². The van der Waals surface area contributed by atoms with Crippen LogP contribution in [0.3, 0.4) is 0 Å². The van der Waals surface area contributed by atoms with Crippen molar-refractivity contribution in [3.63, 3.8) is 0 Å². The number of thiazole rings is 1. The minimum Gasteiger partial charge on any atom is -0.253 e. The molecule has 0 saturated heterocycles. The van der Waals surface area contributed by atoms with Gasteiger partial charge in [-0.05, 0) is 6.92 Å². The summed E-state index contributed by atoms with van der Waals surface area (Å²) in [6.07, 6.45) is 1.87. The molecule has 0 unspecified atom stereocenters. The number of aromatic nitrogens is 4. The zero-order valence-corrected chi connectivity index (χ0v) is 10.8. The van der Waals surface area contributed by atoms with Crippen molar-refractivity contribution in [3.05, 3.63) is 52.6 Å². The van der Waals surface area contributed by atoms with Gasteiger partial charge in [0, 0.05) is 16.6 Å². The molecule has 0 aliphatic rings. The lowest BCUT2D eigenvalue weighted by Gasteiger charge is -2.01. The third kappa shape index (κ3) is 2.04. The molecule has 2 heterocycles. The number of benzene rings is 1. The van der Waals surface area contributed by atoms with E-state index in [1.807, 2.05) is 53.6 Å². The van der Waals surface area contributed by atoms with Gasteiger partial charge in [0.05, 0.1) is 17.7 Å². The van der Waals surface area contributed by atoms with E-state index in [0.29, 0.717) is 0 Å². The Bertz CT molecular complexity index is 628. The van der Waals surface area contributed by atoms with Gasteiger partial charge in [-0.25, -0.2) is 4.68 Å². The third-order valence-corrected chi connectivity index (χ3v) is 3.58. The van der Waals surface area contributed by atoms with Gasteiger partial charge in [-0.15, -0.1) is 16.4 Å². The van der Waals surface area contributed by atoms with E-state index in [1.165, 1.54) is 4.88 Å². The first-order valence-corrected chi connectivity index (χ1v) is 6.55. The smallest absolute Gasteiger partial charge is 0.115 e. The van der Waals surface area contributed by atoms with E-state index in [-0.39, 0.29) is 0 Å². The predicted octanol–water partition coefficient (Wildman–Crippen LogP) is 2.76. The first-order valence-electron chi connectivity index (χ1n) is 5.67. The van der Waals surface area contributed by atoms with Crippen molar-refractivity contribution in [2.45, 2.75) is 13.5 Å². The van der Waals surface area contributed by atoms with Crippen molar-refractivity contribution in [1.82, 2.24) is 20.0 Å². The highest BCUT2D eigenvalue weighted by Crippen LogP contribution is 2.20. The van der Waals surface area contributed by atoms with Crippen LogP contribution in [0.15, 0.2) is 42.0 Å². The molecule has 90 valence electrons. The molecule has 3 aromatic rings. The highest BCUT2D eigenvalue weighted by Gasteiger charge is 2.10. The monoisotopic (exact) mass is 256 g/mol. The molecule has 1 aromatic carbocycles. The Balaban J connectivity index is 1.93. The van der Waals surface area contributed by atoms with Gasteiger partial charge in [-0.2, -0.15) is 0 Å². The summed E-state index contributed by atoms with van der Waals surface area (Å²) >= 11 is 1.63. The fraction of sp³-hybridized carbons (Fsp3) is 0.154. The van der Waals surface area contributed by atoms with E-state index >= 15 is 0 Å². The Kier molecular flexibility index (Phi) is 2.90. The maximum absolute atomic E-state index is 4.26. The summed E-state index contributed by atoms with van der Waals surface area (Å²) in [5.41, 5.74) is 4.96. The number of hydrogen-bond donors (Lipinski definition) is 0. The molecule has 0 aliphatic carbocycles. The standard InChI is InChI=1S/C13H12N4S/c1-10-13(11-5-3-2-4-6-11)15-16-17(10)8-12-7-14-9-18-12/h2-7,9H,8H2,1H3. The maximum Gasteiger partial charge on any atom is 0.115 e. The zero-order valence-electron chi connectivity index (χ0n) is 9.95. The Morgan fingerprint density at radius 3 is 2.78 bits per heavy atom. The third-order valence-electron chi connectivity index (χ3n) is 2.82. The van der Waals surface area contributed by atoms with E-state index in [1.54, 1.807) is 11.3 Å². The molecule has 0 bridgehead atoms.